The van der Waals surface area contributed by atoms with Crippen LogP contribution in [-0.2, 0) is 33.7 Å². The van der Waals surface area contributed by atoms with Crippen LogP contribution < -0.4 is 9.64 Å². The minimum absolute atomic E-state index is 0.00149. The minimum atomic E-state index is -0.00149. The van der Waals surface area contributed by atoms with Gasteiger partial charge in [0, 0.05) is 45.1 Å². The summed E-state index contributed by atoms with van der Waals surface area (Å²) in [5.74, 6) is 2.57. The van der Waals surface area contributed by atoms with E-state index in [1.807, 2.05) is 29.2 Å². The monoisotopic (exact) mass is 412 g/mol. The normalized spacial score (nSPS) is 16.3. The Morgan fingerprint density at radius 3 is 2.57 bits per heavy atom. The summed E-state index contributed by atoms with van der Waals surface area (Å²) in [6.45, 7) is 4.20. The van der Waals surface area contributed by atoms with E-state index in [2.05, 4.69) is 4.90 Å². The number of hydrogen-bond donors (Lipinski definition) is 0. The van der Waals surface area contributed by atoms with E-state index in [0.717, 1.165) is 53.7 Å². The Labute approximate surface area is 176 Å². The van der Waals surface area contributed by atoms with Gasteiger partial charge in [-0.25, -0.2) is 9.97 Å². The Morgan fingerprint density at radius 2 is 1.87 bits per heavy atom. The van der Waals surface area contributed by atoms with Crippen LogP contribution in [-0.4, -0.2) is 74.4 Å². The molecule has 2 aromatic rings. The van der Waals surface area contributed by atoms with Crippen LogP contribution in [0, 0.1) is 0 Å². The van der Waals surface area contributed by atoms with Gasteiger partial charge in [0.05, 0.1) is 32.6 Å². The lowest BCUT2D eigenvalue weighted by Gasteiger charge is -2.34. The molecule has 0 atom stereocenters. The third-order valence-electron chi connectivity index (χ3n) is 5.54. The molecular formula is C22H28N4O4. The number of carbonyl (C=O) groups excluding carboxylic acids is 1. The van der Waals surface area contributed by atoms with Gasteiger partial charge in [-0.15, -0.1) is 0 Å². The van der Waals surface area contributed by atoms with Crippen LogP contribution in [0.4, 0.5) is 5.82 Å². The van der Waals surface area contributed by atoms with Crippen molar-refractivity contribution in [1.29, 1.82) is 0 Å². The average Bonchev–Trinajstić information content (AvgIpc) is 2.79. The largest absolute Gasteiger partial charge is 0.497 e. The maximum atomic E-state index is 12.4. The first-order valence-electron chi connectivity index (χ1n) is 10.3. The molecule has 0 saturated carbocycles. The topological polar surface area (TPSA) is 77.0 Å². The van der Waals surface area contributed by atoms with Crippen molar-refractivity contribution in [1.82, 2.24) is 14.9 Å². The van der Waals surface area contributed by atoms with Crippen LogP contribution >= 0.6 is 0 Å². The number of hydrogen-bond acceptors (Lipinski definition) is 7. The molecule has 30 heavy (non-hydrogen) atoms. The predicted octanol–water partition coefficient (Wildman–Crippen LogP) is 1.44. The summed E-state index contributed by atoms with van der Waals surface area (Å²) >= 11 is 0. The van der Waals surface area contributed by atoms with Crippen LogP contribution in [0.15, 0.2) is 24.3 Å². The molecule has 8 heteroatoms. The highest BCUT2D eigenvalue weighted by Crippen LogP contribution is 2.28. The molecule has 0 N–H and O–H groups in total. The zero-order valence-electron chi connectivity index (χ0n) is 17.6. The summed E-state index contributed by atoms with van der Waals surface area (Å²) in [5.41, 5.74) is 3.22. The van der Waals surface area contributed by atoms with E-state index in [1.54, 1.807) is 14.2 Å². The Morgan fingerprint density at radius 1 is 1.10 bits per heavy atom. The number of fused-ring (bicyclic) bond motifs is 1. The van der Waals surface area contributed by atoms with Crippen molar-refractivity contribution in [3.05, 3.63) is 46.9 Å². The van der Waals surface area contributed by atoms with Crippen molar-refractivity contribution >= 4 is 11.7 Å². The Kier molecular flexibility index (Phi) is 6.44. The van der Waals surface area contributed by atoms with Crippen molar-refractivity contribution in [3.8, 4) is 5.75 Å². The van der Waals surface area contributed by atoms with Gasteiger partial charge in [0.25, 0.3) is 0 Å². The maximum absolute atomic E-state index is 12.4. The van der Waals surface area contributed by atoms with Crippen molar-refractivity contribution in [3.63, 3.8) is 0 Å². The van der Waals surface area contributed by atoms with Gasteiger partial charge in [-0.3, -0.25) is 4.79 Å². The zero-order valence-corrected chi connectivity index (χ0v) is 17.6. The molecule has 1 aromatic carbocycles. The van der Waals surface area contributed by atoms with Crippen molar-refractivity contribution in [2.45, 2.75) is 19.4 Å². The lowest BCUT2D eigenvalue weighted by atomic mass is 10.0. The van der Waals surface area contributed by atoms with Gasteiger partial charge >= 0.3 is 0 Å². The van der Waals surface area contributed by atoms with Crippen LogP contribution in [0.2, 0.25) is 0 Å². The van der Waals surface area contributed by atoms with Crippen LogP contribution in [0.3, 0.4) is 0 Å². The summed E-state index contributed by atoms with van der Waals surface area (Å²) < 4.78 is 15.8. The predicted molar refractivity (Wildman–Crippen MR) is 112 cm³/mol. The molecule has 1 amide bonds. The van der Waals surface area contributed by atoms with E-state index in [-0.39, 0.29) is 12.5 Å². The first-order chi connectivity index (χ1) is 14.7. The van der Waals surface area contributed by atoms with E-state index in [9.17, 15) is 4.79 Å². The smallest absolute Gasteiger partial charge is 0.248 e. The Balaban J connectivity index is 1.64. The fourth-order valence-corrected chi connectivity index (χ4v) is 3.92. The molecule has 2 aliphatic rings. The fraction of sp³-hybridized carbons (Fsp3) is 0.500. The highest BCUT2D eigenvalue weighted by Gasteiger charge is 2.28. The van der Waals surface area contributed by atoms with E-state index in [4.69, 9.17) is 24.2 Å². The van der Waals surface area contributed by atoms with Crippen LogP contribution in [0.1, 0.15) is 22.6 Å². The molecule has 1 saturated heterocycles. The zero-order chi connectivity index (χ0) is 20.9. The third-order valence-corrected chi connectivity index (χ3v) is 5.54. The minimum Gasteiger partial charge on any atom is -0.497 e. The van der Waals surface area contributed by atoms with Gasteiger partial charge in [0.1, 0.15) is 24.0 Å². The molecule has 160 valence electrons. The molecule has 2 aliphatic heterocycles. The van der Waals surface area contributed by atoms with Gasteiger partial charge in [-0.1, -0.05) is 12.1 Å². The molecule has 3 heterocycles. The number of benzene rings is 1. The molecule has 8 nitrogen and oxygen atoms in total. The quantitative estimate of drug-likeness (QED) is 0.711. The van der Waals surface area contributed by atoms with Gasteiger partial charge in [-0.2, -0.15) is 0 Å². The summed E-state index contributed by atoms with van der Waals surface area (Å²) in [4.78, 5) is 26.3. The number of morpholine rings is 1. The molecule has 1 fully saturated rings. The van der Waals surface area contributed by atoms with Gasteiger partial charge in [-0.05, 0) is 17.7 Å². The summed E-state index contributed by atoms with van der Waals surface area (Å²) in [6, 6.07) is 7.99. The van der Waals surface area contributed by atoms with Gasteiger partial charge in [0.2, 0.25) is 5.91 Å². The van der Waals surface area contributed by atoms with Gasteiger partial charge in [0.15, 0.2) is 0 Å². The number of ether oxygens (including phenoxy) is 3. The van der Waals surface area contributed by atoms with E-state index < -0.39 is 0 Å². The fourth-order valence-electron chi connectivity index (χ4n) is 3.92. The molecule has 0 aliphatic carbocycles. The lowest BCUT2D eigenvalue weighted by Crippen LogP contribution is -2.42. The molecule has 0 bridgehead atoms. The van der Waals surface area contributed by atoms with E-state index in [1.165, 1.54) is 0 Å². The highest BCUT2D eigenvalue weighted by atomic mass is 16.5. The molecule has 0 spiro atoms. The number of aromatic nitrogens is 2. The van der Waals surface area contributed by atoms with Gasteiger partial charge < -0.3 is 24.0 Å². The second kappa shape index (κ2) is 9.40. The SMILES string of the molecule is COCC(=O)N1CCc2nc(Cc3ccc(OC)cc3)nc(N3CCOCC3)c2C1. The second-order valence-electron chi connectivity index (χ2n) is 7.51. The Bertz CT molecular complexity index is 881. The number of nitrogens with zero attached hydrogens (tertiary/aromatic N) is 4. The lowest BCUT2D eigenvalue weighted by molar-refractivity contribution is -0.136. The molecule has 1 aromatic heterocycles. The average molecular weight is 412 g/mol. The van der Waals surface area contributed by atoms with Crippen molar-refractivity contribution < 1.29 is 19.0 Å². The summed E-state index contributed by atoms with van der Waals surface area (Å²) in [7, 11) is 3.21. The van der Waals surface area contributed by atoms with Crippen LogP contribution in [0.5, 0.6) is 5.75 Å². The maximum Gasteiger partial charge on any atom is 0.248 e. The molecule has 4 rings (SSSR count). The summed E-state index contributed by atoms with van der Waals surface area (Å²) in [6.07, 6.45) is 1.38. The standard InChI is InChI=1S/C22H28N4O4/c1-28-15-21(27)26-8-7-19-18(14-26)22(25-9-11-30-12-10-25)24-20(23-19)13-16-3-5-17(29-2)6-4-16/h3-6H,7-15H2,1-2H3. The van der Waals surface area contributed by atoms with Crippen molar-refractivity contribution in [2.75, 3.05) is 58.6 Å². The number of anilines is 1. The highest BCUT2D eigenvalue weighted by molar-refractivity contribution is 5.78. The number of methoxy groups -OCH3 is 2. The van der Waals surface area contributed by atoms with E-state index in [0.29, 0.717) is 32.7 Å². The van der Waals surface area contributed by atoms with Crippen molar-refractivity contribution in [2.24, 2.45) is 0 Å². The first-order valence-corrected chi connectivity index (χ1v) is 10.3. The molecule has 0 radical (unpaired) electrons. The molecular weight excluding hydrogens is 384 g/mol. The number of carbonyl (C=O) groups is 1. The molecule has 0 unspecified atom stereocenters. The third kappa shape index (κ3) is 4.55. The Hall–Kier alpha value is -2.71. The van der Waals surface area contributed by atoms with Crippen LogP contribution in [0.25, 0.3) is 0 Å². The van der Waals surface area contributed by atoms with E-state index >= 15 is 0 Å². The summed E-state index contributed by atoms with van der Waals surface area (Å²) in [5, 5.41) is 0. The second-order valence-corrected chi connectivity index (χ2v) is 7.51. The number of rotatable bonds is 6. The first kappa shape index (κ1) is 20.6. The number of amides is 1.